The van der Waals surface area contributed by atoms with Gasteiger partial charge in [0.2, 0.25) is 0 Å². The third kappa shape index (κ3) is 2.71. The maximum atomic E-state index is 12.7. The molecule has 0 aliphatic carbocycles. The Morgan fingerprint density at radius 3 is 2.43 bits per heavy atom. The molecule has 1 heterocycles. The second-order valence-electron chi connectivity index (χ2n) is 4.92. The first-order chi connectivity index (χ1) is 9.91. The molecule has 0 saturated carbocycles. The normalized spacial score (nSPS) is 22.0. The zero-order valence-electron chi connectivity index (χ0n) is 11.8. The van der Waals surface area contributed by atoms with Crippen molar-refractivity contribution in [3.8, 4) is 0 Å². The number of carbonyl (C=O) groups excluding carboxylic acids is 1. The van der Waals surface area contributed by atoms with Crippen LogP contribution in [0.15, 0.2) is 54.5 Å². The number of hydrogen-bond acceptors (Lipinski definition) is 3. The largest absolute Gasteiger partial charge is 0.332 e. The smallest absolute Gasteiger partial charge is 0.332 e. The molecular weight excluding hydrogens is 288 g/mol. The van der Waals surface area contributed by atoms with Gasteiger partial charge in [0, 0.05) is 0 Å². The molecule has 1 N–H and O–H groups in total. The Kier molecular flexibility index (Phi) is 4.18. The van der Waals surface area contributed by atoms with Crippen molar-refractivity contribution in [2.75, 3.05) is 0 Å². The molecule has 1 aromatic rings. The summed E-state index contributed by atoms with van der Waals surface area (Å²) in [7, 11) is -3.90. The van der Waals surface area contributed by atoms with Crippen LogP contribution in [0.4, 0.5) is 4.79 Å². The predicted octanol–water partition coefficient (Wildman–Crippen LogP) is 2.21. The van der Waals surface area contributed by atoms with E-state index in [0.717, 1.165) is 9.87 Å². The minimum atomic E-state index is -3.90. The van der Waals surface area contributed by atoms with Gasteiger partial charge in [-0.1, -0.05) is 29.8 Å². The van der Waals surface area contributed by atoms with Crippen LogP contribution in [-0.2, 0) is 10.0 Å². The van der Waals surface area contributed by atoms with E-state index >= 15 is 0 Å². The van der Waals surface area contributed by atoms with Gasteiger partial charge in [-0.2, -0.15) is 0 Å². The molecule has 2 atom stereocenters. The Hall–Kier alpha value is -2.08. The third-order valence-corrected chi connectivity index (χ3v) is 5.23. The number of amides is 2. The number of urea groups is 1. The van der Waals surface area contributed by atoms with Gasteiger partial charge in [0.1, 0.15) is 0 Å². The van der Waals surface area contributed by atoms with Crippen molar-refractivity contribution < 1.29 is 13.2 Å². The Bertz CT molecular complexity index is 665. The number of carbonyl (C=O) groups is 1. The molecule has 2 amide bonds. The van der Waals surface area contributed by atoms with Crippen LogP contribution in [0, 0.1) is 6.92 Å². The molecule has 5 nitrogen and oxygen atoms in total. The number of sulfonamides is 1. The highest BCUT2D eigenvalue weighted by Gasteiger charge is 2.44. The van der Waals surface area contributed by atoms with Gasteiger partial charge in [0.15, 0.2) is 0 Å². The van der Waals surface area contributed by atoms with E-state index in [9.17, 15) is 13.2 Å². The molecule has 1 fully saturated rings. The summed E-state index contributed by atoms with van der Waals surface area (Å²) in [6.45, 7) is 9.13. The molecule has 0 unspecified atom stereocenters. The van der Waals surface area contributed by atoms with E-state index < -0.39 is 22.1 Å². The molecule has 1 aliphatic heterocycles. The highest BCUT2D eigenvalue weighted by molar-refractivity contribution is 7.89. The van der Waals surface area contributed by atoms with E-state index in [-0.39, 0.29) is 10.9 Å². The van der Waals surface area contributed by atoms with Crippen LogP contribution in [0.25, 0.3) is 0 Å². The summed E-state index contributed by atoms with van der Waals surface area (Å²) < 4.78 is 26.2. The number of rotatable bonds is 5. The molecule has 0 bridgehead atoms. The molecule has 0 spiro atoms. The van der Waals surface area contributed by atoms with E-state index in [4.69, 9.17) is 0 Å². The topological polar surface area (TPSA) is 66.5 Å². The van der Waals surface area contributed by atoms with Gasteiger partial charge >= 0.3 is 6.03 Å². The van der Waals surface area contributed by atoms with E-state index in [0.29, 0.717) is 6.42 Å². The summed E-state index contributed by atoms with van der Waals surface area (Å²) in [5.74, 6) is 0. The van der Waals surface area contributed by atoms with Crippen molar-refractivity contribution in [3.63, 3.8) is 0 Å². The van der Waals surface area contributed by atoms with Crippen molar-refractivity contribution in [2.24, 2.45) is 0 Å². The zero-order chi connectivity index (χ0) is 15.6. The quantitative estimate of drug-likeness (QED) is 0.848. The number of aryl methyl sites for hydroxylation is 1. The van der Waals surface area contributed by atoms with Crippen LogP contribution in [-0.4, -0.2) is 30.8 Å². The van der Waals surface area contributed by atoms with Crippen molar-refractivity contribution in [1.82, 2.24) is 9.62 Å². The predicted molar refractivity (Wildman–Crippen MR) is 81.3 cm³/mol. The molecule has 112 valence electrons. The molecule has 21 heavy (non-hydrogen) atoms. The summed E-state index contributed by atoms with van der Waals surface area (Å²) in [6, 6.07) is 4.80. The Morgan fingerprint density at radius 2 is 1.90 bits per heavy atom. The molecule has 1 aromatic carbocycles. The van der Waals surface area contributed by atoms with Crippen molar-refractivity contribution in [3.05, 3.63) is 55.1 Å². The van der Waals surface area contributed by atoms with Gasteiger partial charge in [-0.15, -0.1) is 13.2 Å². The number of benzene rings is 1. The maximum absolute atomic E-state index is 12.7. The fourth-order valence-electron chi connectivity index (χ4n) is 2.34. The van der Waals surface area contributed by atoms with Crippen molar-refractivity contribution >= 4 is 16.1 Å². The highest BCUT2D eigenvalue weighted by atomic mass is 32.2. The van der Waals surface area contributed by atoms with Crippen molar-refractivity contribution in [1.29, 1.82) is 0 Å². The molecule has 6 heteroatoms. The van der Waals surface area contributed by atoms with Gasteiger partial charge in [-0.3, -0.25) is 0 Å². The Morgan fingerprint density at radius 1 is 1.29 bits per heavy atom. The molecule has 1 saturated heterocycles. The van der Waals surface area contributed by atoms with Crippen LogP contribution in [0.2, 0.25) is 0 Å². The van der Waals surface area contributed by atoms with E-state index in [1.807, 2.05) is 6.92 Å². The monoisotopic (exact) mass is 306 g/mol. The molecular formula is C15H18N2O3S. The fraction of sp³-hybridized carbons (Fsp3) is 0.267. The fourth-order valence-corrected chi connectivity index (χ4v) is 3.87. The van der Waals surface area contributed by atoms with E-state index in [1.54, 1.807) is 18.2 Å². The zero-order valence-corrected chi connectivity index (χ0v) is 12.6. The number of nitrogens with one attached hydrogen (secondary N) is 1. The first-order valence-electron chi connectivity index (χ1n) is 6.57. The van der Waals surface area contributed by atoms with Crippen molar-refractivity contribution in [2.45, 2.75) is 30.3 Å². The van der Waals surface area contributed by atoms with Crippen LogP contribution in [0.1, 0.15) is 12.0 Å². The standard InChI is InChI=1S/C15H18N2O3S/c1-4-6-13-14(5-2)17(15(18)16-13)21(19,20)12-9-7-11(3)8-10-12/h4-5,7-10,13-14H,1-2,6H2,3H3,(H,16,18)/t13-,14-/m0/s1. The van der Waals surface area contributed by atoms with Crippen LogP contribution in [0.3, 0.4) is 0 Å². The minimum absolute atomic E-state index is 0.0920. The summed E-state index contributed by atoms with van der Waals surface area (Å²) in [4.78, 5) is 12.2. The lowest BCUT2D eigenvalue weighted by atomic mass is 10.1. The summed E-state index contributed by atoms with van der Waals surface area (Å²) in [6.07, 6.45) is 3.59. The molecule has 1 aliphatic rings. The summed E-state index contributed by atoms with van der Waals surface area (Å²) in [5.41, 5.74) is 0.949. The molecule has 2 rings (SSSR count). The molecule has 0 aromatic heterocycles. The van der Waals surface area contributed by atoms with Crippen LogP contribution < -0.4 is 5.32 Å². The summed E-state index contributed by atoms with van der Waals surface area (Å²) >= 11 is 0. The number of nitrogens with zero attached hydrogens (tertiary/aromatic N) is 1. The van der Waals surface area contributed by atoms with Gasteiger partial charge in [-0.25, -0.2) is 17.5 Å². The average Bonchev–Trinajstić information content (AvgIpc) is 2.76. The van der Waals surface area contributed by atoms with Gasteiger partial charge in [0.25, 0.3) is 10.0 Å². The summed E-state index contributed by atoms with van der Waals surface area (Å²) in [5, 5.41) is 2.66. The first kappa shape index (κ1) is 15.3. The lowest BCUT2D eigenvalue weighted by Crippen LogP contribution is -2.39. The molecule has 0 radical (unpaired) electrons. The SMILES string of the molecule is C=CC[C@@H]1NC(=O)N(S(=O)(=O)c2ccc(C)cc2)[C@H]1C=C. The average molecular weight is 306 g/mol. The van der Waals surface area contributed by atoms with Gasteiger partial charge < -0.3 is 5.32 Å². The lowest BCUT2D eigenvalue weighted by molar-refractivity contribution is 0.233. The van der Waals surface area contributed by atoms with E-state index in [2.05, 4.69) is 18.5 Å². The van der Waals surface area contributed by atoms with Crippen LogP contribution in [0.5, 0.6) is 0 Å². The Labute approximate surface area is 125 Å². The highest BCUT2D eigenvalue weighted by Crippen LogP contribution is 2.26. The second kappa shape index (κ2) is 5.73. The first-order valence-corrected chi connectivity index (χ1v) is 8.01. The second-order valence-corrected chi connectivity index (χ2v) is 6.74. The van der Waals surface area contributed by atoms with Crippen LogP contribution >= 0.6 is 0 Å². The minimum Gasteiger partial charge on any atom is -0.332 e. The Balaban J connectivity index is 2.42. The van der Waals surface area contributed by atoms with E-state index in [1.165, 1.54) is 18.2 Å². The van der Waals surface area contributed by atoms with Gasteiger partial charge in [-0.05, 0) is 25.5 Å². The maximum Gasteiger partial charge on any atom is 0.332 e. The third-order valence-electron chi connectivity index (χ3n) is 3.43. The van der Waals surface area contributed by atoms with Gasteiger partial charge in [0.05, 0.1) is 17.0 Å². The number of hydrogen-bond donors (Lipinski definition) is 1. The lowest BCUT2D eigenvalue weighted by Gasteiger charge is -2.22.